The topological polar surface area (TPSA) is 37.4 Å². The number of nitrogens with zero attached hydrogens (tertiary/aromatic N) is 1. The Morgan fingerprint density at radius 1 is 0.846 bits per heavy atom. The highest BCUT2D eigenvalue weighted by atomic mass is 35.5. The molecule has 0 spiro atoms. The van der Waals surface area contributed by atoms with Gasteiger partial charge in [0.05, 0.1) is 27.6 Å². The molecule has 3 nitrogen and oxygen atoms in total. The second-order valence-corrected chi connectivity index (χ2v) is 8.33. The number of carbonyl (C=O) groups excluding carboxylic acids is 2. The van der Waals surface area contributed by atoms with Gasteiger partial charge in [-0.05, 0) is 48.3 Å². The maximum atomic E-state index is 13.2. The van der Waals surface area contributed by atoms with Gasteiger partial charge < -0.3 is 0 Å². The SMILES string of the molecule is O=C1C2C3CC(c4ccccc4)C(C3)C2C(=O)N1c1cccc(Cl)c1Cl. The van der Waals surface area contributed by atoms with Gasteiger partial charge in [-0.15, -0.1) is 0 Å². The normalized spacial score (nSPS) is 32.4. The highest BCUT2D eigenvalue weighted by Crippen LogP contribution is 2.62. The third-order valence-corrected chi connectivity index (χ3v) is 7.22. The molecule has 5 heteroatoms. The third kappa shape index (κ3) is 2.14. The van der Waals surface area contributed by atoms with E-state index >= 15 is 0 Å². The predicted octanol–water partition coefficient (Wildman–Crippen LogP) is 4.92. The zero-order valence-electron chi connectivity index (χ0n) is 13.9. The quantitative estimate of drug-likeness (QED) is 0.687. The summed E-state index contributed by atoms with van der Waals surface area (Å²) in [6.45, 7) is 0. The molecule has 5 atom stereocenters. The molecule has 1 heterocycles. The maximum Gasteiger partial charge on any atom is 0.238 e. The van der Waals surface area contributed by atoms with Crippen molar-refractivity contribution < 1.29 is 9.59 Å². The summed E-state index contributed by atoms with van der Waals surface area (Å²) in [4.78, 5) is 27.6. The first-order chi connectivity index (χ1) is 12.6. The number of fused-ring (bicyclic) bond motifs is 5. The minimum Gasteiger partial charge on any atom is -0.274 e. The molecule has 5 unspecified atom stereocenters. The Balaban J connectivity index is 1.52. The lowest BCUT2D eigenvalue weighted by Gasteiger charge is -2.28. The van der Waals surface area contributed by atoms with Crippen LogP contribution in [-0.2, 0) is 9.59 Å². The molecular formula is C21H17Cl2NO2. The smallest absolute Gasteiger partial charge is 0.238 e. The Labute approximate surface area is 161 Å². The van der Waals surface area contributed by atoms with E-state index in [9.17, 15) is 9.59 Å². The predicted molar refractivity (Wildman–Crippen MR) is 101 cm³/mol. The Morgan fingerprint density at radius 2 is 1.58 bits per heavy atom. The van der Waals surface area contributed by atoms with Crippen LogP contribution in [0.4, 0.5) is 5.69 Å². The fourth-order valence-corrected chi connectivity index (χ4v) is 5.83. The van der Waals surface area contributed by atoms with Crippen LogP contribution >= 0.6 is 23.2 Å². The molecule has 2 saturated carbocycles. The zero-order valence-corrected chi connectivity index (χ0v) is 15.5. The lowest BCUT2D eigenvalue weighted by atomic mass is 9.73. The van der Waals surface area contributed by atoms with E-state index in [1.165, 1.54) is 10.5 Å². The molecule has 5 rings (SSSR count). The Morgan fingerprint density at radius 3 is 2.35 bits per heavy atom. The van der Waals surface area contributed by atoms with E-state index in [4.69, 9.17) is 23.2 Å². The van der Waals surface area contributed by atoms with Crippen molar-refractivity contribution in [1.29, 1.82) is 0 Å². The van der Waals surface area contributed by atoms with E-state index in [0.717, 1.165) is 12.8 Å². The standard InChI is InChI=1S/C21H17Cl2NO2/c22-15-7-4-8-16(19(15)23)24-20(25)17-12-9-13(11-5-2-1-3-6-11)14(10-12)18(17)21(24)26/h1-8,12-14,17-18H,9-10H2. The van der Waals surface area contributed by atoms with Gasteiger partial charge >= 0.3 is 0 Å². The number of imide groups is 1. The summed E-state index contributed by atoms with van der Waals surface area (Å²) in [5.74, 6) is 0.194. The third-order valence-electron chi connectivity index (χ3n) is 6.42. The second kappa shape index (κ2) is 5.83. The summed E-state index contributed by atoms with van der Waals surface area (Å²) in [6, 6.07) is 15.4. The van der Waals surface area contributed by atoms with Gasteiger partial charge in [-0.2, -0.15) is 0 Å². The minimum absolute atomic E-state index is 0.108. The molecule has 132 valence electrons. The number of carbonyl (C=O) groups is 2. The summed E-state index contributed by atoms with van der Waals surface area (Å²) < 4.78 is 0. The fraction of sp³-hybridized carbons (Fsp3) is 0.333. The van der Waals surface area contributed by atoms with E-state index in [2.05, 4.69) is 12.1 Å². The van der Waals surface area contributed by atoms with Crippen molar-refractivity contribution in [3.8, 4) is 0 Å². The van der Waals surface area contributed by atoms with Crippen molar-refractivity contribution in [1.82, 2.24) is 0 Å². The van der Waals surface area contributed by atoms with Crippen molar-refractivity contribution in [2.45, 2.75) is 18.8 Å². The first-order valence-corrected chi connectivity index (χ1v) is 9.70. The number of rotatable bonds is 2. The van der Waals surface area contributed by atoms with Gasteiger partial charge in [0.25, 0.3) is 0 Å². The van der Waals surface area contributed by atoms with Crippen molar-refractivity contribution in [3.63, 3.8) is 0 Å². The average Bonchev–Trinajstić information content (AvgIpc) is 3.31. The molecule has 0 radical (unpaired) electrons. The van der Waals surface area contributed by atoms with Crippen LogP contribution in [0.25, 0.3) is 0 Å². The van der Waals surface area contributed by atoms with Gasteiger partial charge in [-0.1, -0.05) is 59.6 Å². The van der Waals surface area contributed by atoms with E-state index in [1.54, 1.807) is 18.2 Å². The number of anilines is 1. The molecule has 0 N–H and O–H groups in total. The Kier molecular flexibility index (Phi) is 3.67. The molecule has 1 saturated heterocycles. The molecule has 3 aliphatic rings. The highest BCUT2D eigenvalue weighted by Gasteiger charge is 2.64. The number of amides is 2. The van der Waals surface area contributed by atoms with Crippen molar-refractivity contribution >= 4 is 40.7 Å². The summed E-state index contributed by atoms with van der Waals surface area (Å²) in [5.41, 5.74) is 1.69. The fourth-order valence-electron chi connectivity index (χ4n) is 5.45. The highest BCUT2D eigenvalue weighted by molar-refractivity contribution is 6.44. The van der Waals surface area contributed by atoms with Crippen LogP contribution in [0, 0.1) is 23.7 Å². The lowest BCUT2D eigenvalue weighted by Crippen LogP contribution is -2.33. The number of halogens is 2. The van der Waals surface area contributed by atoms with Gasteiger partial charge in [0.15, 0.2) is 0 Å². The molecule has 2 aliphatic carbocycles. The van der Waals surface area contributed by atoms with Gasteiger partial charge in [-0.25, -0.2) is 4.90 Å². The summed E-state index contributed by atoms with van der Waals surface area (Å²) in [7, 11) is 0. The van der Waals surface area contributed by atoms with Gasteiger partial charge in [0, 0.05) is 0 Å². The van der Waals surface area contributed by atoms with Crippen LogP contribution in [0.15, 0.2) is 48.5 Å². The first-order valence-electron chi connectivity index (χ1n) is 8.94. The Hall–Kier alpha value is -1.84. The van der Waals surface area contributed by atoms with Crippen LogP contribution in [0.1, 0.15) is 24.3 Å². The number of hydrogen-bond acceptors (Lipinski definition) is 2. The number of benzene rings is 2. The first kappa shape index (κ1) is 16.3. The molecule has 2 aromatic rings. The van der Waals surface area contributed by atoms with Gasteiger partial charge in [0.1, 0.15) is 0 Å². The van der Waals surface area contributed by atoms with E-state index in [-0.39, 0.29) is 40.5 Å². The number of hydrogen-bond donors (Lipinski definition) is 0. The molecular weight excluding hydrogens is 369 g/mol. The molecule has 1 aliphatic heterocycles. The van der Waals surface area contributed by atoms with Crippen LogP contribution in [-0.4, -0.2) is 11.8 Å². The van der Waals surface area contributed by atoms with E-state index in [0.29, 0.717) is 16.6 Å². The van der Waals surface area contributed by atoms with Gasteiger partial charge in [-0.3, -0.25) is 9.59 Å². The van der Waals surface area contributed by atoms with Gasteiger partial charge in [0.2, 0.25) is 11.8 Å². The van der Waals surface area contributed by atoms with Crippen LogP contribution in [0.2, 0.25) is 10.0 Å². The molecule has 2 amide bonds. The Bertz CT molecular complexity index is 913. The van der Waals surface area contributed by atoms with E-state index in [1.807, 2.05) is 18.2 Å². The second-order valence-electron chi connectivity index (χ2n) is 7.55. The largest absolute Gasteiger partial charge is 0.274 e. The van der Waals surface area contributed by atoms with Crippen molar-refractivity contribution in [2.75, 3.05) is 4.90 Å². The summed E-state index contributed by atoms with van der Waals surface area (Å²) in [6.07, 6.45) is 1.94. The van der Waals surface area contributed by atoms with Crippen LogP contribution in [0.5, 0.6) is 0 Å². The average molecular weight is 386 g/mol. The van der Waals surface area contributed by atoms with Crippen LogP contribution in [0.3, 0.4) is 0 Å². The lowest BCUT2D eigenvalue weighted by molar-refractivity contribution is -0.123. The van der Waals surface area contributed by atoms with Crippen LogP contribution < -0.4 is 4.90 Å². The summed E-state index contributed by atoms with van der Waals surface area (Å²) >= 11 is 12.4. The van der Waals surface area contributed by atoms with Crippen molar-refractivity contribution in [2.24, 2.45) is 23.7 Å². The molecule has 0 aromatic heterocycles. The molecule has 3 fully saturated rings. The molecule has 2 bridgehead atoms. The monoisotopic (exact) mass is 385 g/mol. The van der Waals surface area contributed by atoms with E-state index < -0.39 is 0 Å². The minimum atomic E-state index is -0.235. The molecule has 2 aromatic carbocycles. The van der Waals surface area contributed by atoms with Crippen molar-refractivity contribution in [3.05, 3.63) is 64.1 Å². The maximum absolute atomic E-state index is 13.2. The zero-order chi connectivity index (χ0) is 18.0. The summed E-state index contributed by atoms with van der Waals surface area (Å²) in [5, 5.41) is 0.620. The molecule has 26 heavy (non-hydrogen) atoms.